The quantitative estimate of drug-likeness (QED) is 0.720. The van der Waals surface area contributed by atoms with E-state index in [2.05, 4.69) is 11.0 Å². The highest BCUT2D eigenvalue weighted by Gasteiger charge is 2.39. The summed E-state index contributed by atoms with van der Waals surface area (Å²) in [5.41, 5.74) is -0.189. The van der Waals surface area contributed by atoms with Gasteiger partial charge in [-0.3, -0.25) is 4.90 Å². The van der Waals surface area contributed by atoms with Gasteiger partial charge in [0.15, 0.2) is 0 Å². The maximum Gasteiger partial charge on any atom is 0.110 e. The molecule has 0 aromatic heterocycles. The van der Waals surface area contributed by atoms with Gasteiger partial charge in [0.05, 0.1) is 13.2 Å². The van der Waals surface area contributed by atoms with E-state index < -0.39 is 0 Å². The third kappa shape index (κ3) is 2.35. The molecule has 0 N–H and O–H groups in total. The molecule has 4 nitrogen and oxygen atoms in total. The molecule has 2 aliphatic heterocycles. The molecular weight excluding hydrogens is 222 g/mol. The van der Waals surface area contributed by atoms with Crippen LogP contribution in [0.5, 0.6) is 0 Å². The normalized spacial score (nSPS) is 27.5. The molecular formula is C11H19N3OS. The molecule has 0 saturated carbocycles. The fourth-order valence-corrected chi connectivity index (χ4v) is 3.67. The first-order valence-electron chi connectivity index (χ1n) is 5.84. The van der Waals surface area contributed by atoms with Crippen LogP contribution in [0.25, 0.3) is 0 Å². The molecule has 0 bridgehead atoms. The number of piperazine rings is 1. The van der Waals surface area contributed by atoms with E-state index in [0.29, 0.717) is 0 Å². The Labute approximate surface area is 101 Å². The lowest BCUT2D eigenvalue weighted by atomic mass is 9.91. The minimum atomic E-state index is -0.189. The van der Waals surface area contributed by atoms with Crippen LogP contribution in [0.3, 0.4) is 0 Å². The smallest absolute Gasteiger partial charge is 0.110 e. The van der Waals surface area contributed by atoms with Crippen molar-refractivity contribution in [2.75, 3.05) is 44.8 Å². The van der Waals surface area contributed by atoms with Gasteiger partial charge >= 0.3 is 0 Å². The fraction of sp³-hybridized carbons (Fsp3) is 0.909. The van der Waals surface area contributed by atoms with Gasteiger partial charge in [-0.1, -0.05) is 0 Å². The van der Waals surface area contributed by atoms with Crippen molar-refractivity contribution in [3.05, 3.63) is 0 Å². The van der Waals surface area contributed by atoms with Gasteiger partial charge < -0.3 is 4.84 Å². The highest BCUT2D eigenvalue weighted by atomic mass is 32.2. The first kappa shape index (κ1) is 12.2. The number of nitrogens with zero attached hydrogens (tertiary/aromatic N) is 3. The average Bonchev–Trinajstić information content (AvgIpc) is 2.39. The van der Waals surface area contributed by atoms with E-state index in [1.165, 1.54) is 0 Å². The van der Waals surface area contributed by atoms with Gasteiger partial charge in [0.2, 0.25) is 0 Å². The number of rotatable bonds is 2. The van der Waals surface area contributed by atoms with E-state index in [0.717, 1.165) is 50.5 Å². The van der Waals surface area contributed by atoms with Crippen molar-refractivity contribution in [1.82, 2.24) is 9.96 Å². The molecule has 0 amide bonds. The molecule has 2 aliphatic rings. The molecule has 2 rings (SSSR count). The molecule has 2 heterocycles. The molecule has 16 heavy (non-hydrogen) atoms. The summed E-state index contributed by atoms with van der Waals surface area (Å²) in [7, 11) is 1.72. The first-order valence-corrected chi connectivity index (χ1v) is 6.99. The lowest BCUT2D eigenvalue weighted by Crippen LogP contribution is -2.57. The number of thioether (sulfide) groups is 1. The van der Waals surface area contributed by atoms with E-state index in [-0.39, 0.29) is 5.54 Å². The van der Waals surface area contributed by atoms with Gasteiger partial charge in [0.1, 0.15) is 5.54 Å². The summed E-state index contributed by atoms with van der Waals surface area (Å²) in [6.45, 7) is 3.72. The van der Waals surface area contributed by atoms with Crippen LogP contribution in [-0.2, 0) is 4.84 Å². The van der Waals surface area contributed by atoms with Crippen LogP contribution in [0.15, 0.2) is 0 Å². The van der Waals surface area contributed by atoms with Crippen molar-refractivity contribution in [2.24, 2.45) is 0 Å². The molecule has 2 fully saturated rings. The minimum Gasteiger partial charge on any atom is -0.302 e. The zero-order valence-corrected chi connectivity index (χ0v) is 10.6. The van der Waals surface area contributed by atoms with Gasteiger partial charge in [-0.2, -0.15) is 22.1 Å². The van der Waals surface area contributed by atoms with Crippen molar-refractivity contribution < 1.29 is 4.84 Å². The van der Waals surface area contributed by atoms with E-state index >= 15 is 0 Å². The van der Waals surface area contributed by atoms with Crippen molar-refractivity contribution in [2.45, 2.75) is 18.4 Å². The SMILES string of the molecule is CON1CCN(C2(C#N)CCSCC2)CC1. The highest BCUT2D eigenvalue weighted by molar-refractivity contribution is 7.99. The Morgan fingerprint density at radius 2 is 1.81 bits per heavy atom. The molecule has 0 aliphatic carbocycles. The number of hydrogen-bond donors (Lipinski definition) is 0. The van der Waals surface area contributed by atoms with Crippen LogP contribution in [0.4, 0.5) is 0 Å². The molecule has 0 spiro atoms. The predicted molar refractivity (Wildman–Crippen MR) is 65.1 cm³/mol. The van der Waals surface area contributed by atoms with Crippen molar-refractivity contribution in [1.29, 1.82) is 5.26 Å². The topological polar surface area (TPSA) is 39.5 Å². The predicted octanol–water partition coefficient (Wildman–Crippen LogP) is 0.955. The zero-order chi connectivity index (χ0) is 11.4. The second-order valence-electron chi connectivity index (χ2n) is 4.35. The minimum absolute atomic E-state index is 0.189. The zero-order valence-electron chi connectivity index (χ0n) is 9.81. The number of nitriles is 1. The third-order valence-corrected chi connectivity index (χ3v) is 4.62. The van der Waals surface area contributed by atoms with Crippen LogP contribution < -0.4 is 0 Å². The Morgan fingerprint density at radius 3 is 2.31 bits per heavy atom. The molecule has 0 aromatic carbocycles. The van der Waals surface area contributed by atoms with Crippen LogP contribution in [0.2, 0.25) is 0 Å². The molecule has 0 radical (unpaired) electrons. The Bertz CT molecular complexity index is 265. The summed E-state index contributed by atoms with van der Waals surface area (Å²) >= 11 is 1.97. The Kier molecular flexibility index (Phi) is 4.09. The average molecular weight is 241 g/mol. The number of hydroxylamine groups is 2. The highest BCUT2D eigenvalue weighted by Crippen LogP contribution is 2.32. The molecule has 0 aromatic rings. The van der Waals surface area contributed by atoms with Crippen molar-refractivity contribution in [3.63, 3.8) is 0 Å². The number of hydrogen-bond acceptors (Lipinski definition) is 5. The summed E-state index contributed by atoms with van der Waals surface area (Å²) in [5, 5.41) is 11.4. The van der Waals surface area contributed by atoms with Gasteiger partial charge in [-0.15, -0.1) is 0 Å². The second-order valence-corrected chi connectivity index (χ2v) is 5.58. The van der Waals surface area contributed by atoms with Crippen LogP contribution in [-0.4, -0.2) is 60.3 Å². The molecule has 5 heteroatoms. The third-order valence-electron chi connectivity index (χ3n) is 3.63. The fourth-order valence-electron chi connectivity index (χ4n) is 2.51. The first-order chi connectivity index (χ1) is 7.80. The van der Waals surface area contributed by atoms with E-state index in [1.807, 2.05) is 16.8 Å². The summed E-state index contributed by atoms with van der Waals surface area (Å²) in [4.78, 5) is 7.58. The van der Waals surface area contributed by atoms with Crippen LogP contribution in [0.1, 0.15) is 12.8 Å². The Hall–Kier alpha value is -0.280. The molecule has 90 valence electrons. The Morgan fingerprint density at radius 1 is 1.19 bits per heavy atom. The summed E-state index contributed by atoms with van der Waals surface area (Å²) in [6.07, 6.45) is 2.03. The summed E-state index contributed by atoms with van der Waals surface area (Å²) in [6, 6.07) is 2.57. The summed E-state index contributed by atoms with van der Waals surface area (Å²) < 4.78 is 0. The van der Waals surface area contributed by atoms with Gasteiger partial charge in [-0.05, 0) is 24.3 Å². The van der Waals surface area contributed by atoms with Crippen molar-refractivity contribution >= 4 is 11.8 Å². The second kappa shape index (κ2) is 5.37. The maximum absolute atomic E-state index is 9.47. The van der Waals surface area contributed by atoms with E-state index in [1.54, 1.807) is 7.11 Å². The van der Waals surface area contributed by atoms with E-state index in [4.69, 9.17) is 4.84 Å². The summed E-state index contributed by atoms with van der Waals surface area (Å²) in [5.74, 6) is 2.25. The molecule has 0 atom stereocenters. The van der Waals surface area contributed by atoms with E-state index in [9.17, 15) is 5.26 Å². The lowest BCUT2D eigenvalue weighted by molar-refractivity contribution is -0.158. The largest absolute Gasteiger partial charge is 0.302 e. The van der Waals surface area contributed by atoms with Gasteiger partial charge in [-0.25, -0.2) is 0 Å². The van der Waals surface area contributed by atoms with Gasteiger partial charge in [0.25, 0.3) is 0 Å². The van der Waals surface area contributed by atoms with Gasteiger partial charge in [0, 0.05) is 26.2 Å². The Balaban J connectivity index is 1.98. The lowest BCUT2D eigenvalue weighted by Gasteiger charge is -2.44. The maximum atomic E-state index is 9.47. The standard InChI is InChI=1S/C11H19N3OS/c1-15-14-6-4-13(5-7-14)11(10-12)2-8-16-9-3-11/h2-9H2,1H3. The van der Waals surface area contributed by atoms with Crippen LogP contribution in [0, 0.1) is 11.3 Å². The van der Waals surface area contributed by atoms with Crippen molar-refractivity contribution in [3.8, 4) is 6.07 Å². The van der Waals surface area contributed by atoms with Crippen LogP contribution >= 0.6 is 11.8 Å². The molecule has 2 saturated heterocycles. The molecule has 0 unspecified atom stereocenters. The monoisotopic (exact) mass is 241 g/mol.